The molecule has 1 aromatic heterocycles. The van der Waals surface area contributed by atoms with Crippen molar-refractivity contribution in [1.82, 2.24) is 10.3 Å². The summed E-state index contributed by atoms with van der Waals surface area (Å²) in [5.74, 6) is 0.244. The highest BCUT2D eigenvalue weighted by Crippen LogP contribution is 2.34. The molecule has 2 heterocycles. The van der Waals surface area contributed by atoms with E-state index >= 15 is 0 Å². The van der Waals surface area contributed by atoms with E-state index in [-0.39, 0.29) is 17.9 Å². The number of amides is 1. The minimum absolute atomic E-state index is 0.0722. The van der Waals surface area contributed by atoms with Crippen LogP contribution in [0.1, 0.15) is 29.8 Å². The fourth-order valence-corrected chi connectivity index (χ4v) is 4.66. The molecule has 1 aliphatic carbocycles. The zero-order valence-corrected chi connectivity index (χ0v) is 14.5. The summed E-state index contributed by atoms with van der Waals surface area (Å²) in [4.78, 5) is 18.5. The fraction of sp³-hybridized carbons (Fsp3) is 0.474. The van der Waals surface area contributed by atoms with Crippen LogP contribution in [0.15, 0.2) is 30.3 Å². The Bertz CT molecular complexity index is 707. The molecular weight excluding hydrogens is 320 g/mol. The molecule has 1 aliphatic heterocycles. The molecule has 0 saturated carbocycles. The average molecular weight is 342 g/mol. The topological polar surface area (TPSA) is 51.2 Å². The van der Waals surface area contributed by atoms with Crippen molar-refractivity contribution in [2.45, 2.75) is 38.2 Å². The van der Waals surface area contributed by atoms with Crippen LogP contribution in [-0.2, 0) is 22.4 Å². The lowest BCUT2D eigenvalue weighted by molar-refractivity contribution is -0.125. The van der Waals surface area contributed by atoms with Gasteiger partial charge in [-0.1, -0.05) is 30.3 Å². The van der Waals surface area contributed by atoms with Crippen LogP contribution in [0, 0.1) is 5.92 Å². The van der Waals surface area contributed by atoms with Gasteiger partial charge in [-0.05, 0) is 32.1 Å². The van der Waals surface area contributed by atoms with Gasteiger partial charge in [0.25, 0.3) is 0 Å². The lowest BCUT2D eigenvalue weighted by atomic mass is 9.90. The Hall–Kier alpha value is -1.72. The predicted molar refractivity (Wildman–Crippen MR) is 95.0 cm³/mol. The Morgan fingerprint density at radius 1 is 1.29 bits per heavy atom. The monoisotopic (exact) mass is 342 g/mol. The Kier molecular flexibility index (Phi) is 4.63. The van der Waals surface area contributed by atoms with Crippen LogP contribution in [0.5, 0.6) is 0 Å². The third-order valence-corrected chi connectivity index (χ3v) is 6.03. The molecule has 1 aromatic carbocycles. The summed E-state index contributed by atoms with van der Waals surface area (Å²) >= 11 is 1.74. The van der Waals surface area contributed by atoms with Gasteiger partial charge in [0.1, 0.15) is 5.01 Å². The van der Waals surface area contributed by atoms with Crippen molar-refractivity contribution in [3.63, 3.8) is 0 Å². The van der Waals surface area contributed by atoms with E-state index in [0.29, 0.717) is 6.54 Å². The first-order valence-corrected chi connectivity index (χ1v) is 9.54. The van der Waals surface area contributed by atoms with Gasteiger partial charge >= 0.3 is 0 Å². The van der Waals surface area contributed by atoms with Crippen molar-refractivity contribution in [2.75, 3.05) is 13.2 Å². The Labute approximate surface area is 146 Å². The summed E-state index contributed by atoms with van der Waals surface area (Å²) in [6.07, 6.45) is 4.98. The standard InChI is InChI=1S/C19H22N2O2S/c22-18(20-12-15-7-4-10-23-15)14-8-9-16-17(11-14)24-19(21-16)13-5-2-1-3-6-13/h1-3,5-6,14-15H,4,7-12H2,(H,20,22). The van der Waals surface area contributed by atoms with Gasteiger partial charge in [0.15, 0.2) is 0 Å². The molecule has 0 bridgehead atoms. The van der Waals surface area contributed by atoms with Crippen LogP contribution in [0.2, 0.25) is 0 Å². The van der Waals surface area contributed by atoms with Crippen LogP contribution in [-0.4, -0.2) is 30.1 Å². The highest BCUT2D eigenvalue weighted by Gasteiger charge is 2.28. The lowest BCUT2D eigenvalue weighted by Crippen LogP contribution is -2.38. The predicted octanol–water partition coefficient (Wildman–Crippen LogP) is 3.21. The van der Waals surface area contributed by atoms with Gasteiger partial charge in [-0.25, -0.2) is 4.98 Å². The Morgan fingerprint density at radius 3 is 2.96 bits per heavy atom. The number of fused-ring (bicyclic) bond motifs is 1. The molecule has 126 valence electrons. The van der Waals surface area contributed by atoms with Crippen molar-refractivity contribution in [2.24, 2.45) is 5.92 Å². The third kappa shape index (κ3) is 3.37. The number of carbonyl (C=O) groups is 1. The Balaban J connectivity index is 1.40. The van der Waals surface area contributed by atoms with Crippen molar-refractivity contribution in [3.05, 3.63) is 40.9 Å². The van der Waals surface area contributed by atoms with E-state index in [0.717, 1.165) is 49.3 Å². The quantitative estimate of drug-likeness (QED) is 0.928. The second kappa shape index (κ2) is 7.03. The number of aromatic nitrogens is 1. The highest BCUT2D eigenvalue weighted by atomic mass is 32.1. The molecule has 2 atom stereocenters. The minimum Gasteiger partial charge on any atom is -0.376 e. The van der Waals surface area contributed by atoms with Crippen LogP contribution in [0.25, 0.3) is 10.6 Å². The molecule has 2 aliphatic rings. The Morgan fingerprint density at radius 2 is 2.17 bits per heavy atom. The van der Waals surface area contributed by atoms with E-state index in [1.807, 2.05) is 18.2 Å². The van der Waals surface area contributed by atoms with Gasteiger partial charge in [-0.3, -0.25) is 4.79 Å². The van der Waals surface area contributed by atoms with Gasteiger partial charge in [-0.2, -0.15) is 0 Å². The largest absolute Gasteiger partial charge is 0.376 e. The van der Waals surface area contributed by atoms with Crippen LogP contribution >= 0.6 is 11.3 Å². The number of rotatable bonds is 4. The first-order chi connectivity index (χ1) is 11.8. The second-order valence-corrected chi connectivity index (χ2v) is 7.66. The van der Waals surface area contributed by atoms with E-state index in [1.165, 1.54) is 10.6 Å². The molecule has 5 heteroatoms. The van der Waals surface area contributed by atoms with Crippen LogP contribution < -0.4 is 5.32 Å². The van der Waals surface area contributed by atoms with Gasteiger partial charge in [0.2, 0.25) is 5.91 Å². The maximum Gasteiger partial charge on any atom is 0.223 e. The lowest BCUT2D eigenvalue weighted by Gasteiger charge is -2.21. The van der Waals surface area contributed by atoms with E-state index in [2.05, 4.69) is 17.4 Å². The molecule has 1 saturated heterocycles. The highest BCUT2D eigenvalue weighted by molar-refractivity contribution is 7.15. The fourth-order valence-electron chi connectivity index (χ4n) is 3.47. The van der Waals surface area contributed by atoms with Crippen molar-refractivity contribution < 1.29 is 9.53 Å². The number of thiazole rings is 1. The zero-order chi connectivity index (χ0) is 16.4. The summed E-state index contributed by atoms with van der Waals surface area (Å²) in [6, 6.07) is 10.3. The van der Waals surface area contributed by atoms with Crippen LogP contribution in [0.3, 0.4) is 0 Å². The normalized spacial score (nSPS) is 23.0. The average Bonchev–Trinajstić information content (AvgIpc) is 3.29. The first-order valence-electron chi connectivity index (χ1n) is 8.73. The number of hydrogen-bond acceptors (Lipinski definition) is 4. The third-order valence-electron chi connectivity index (χ3n) is 4.86. The molecule has 1 fully saturated rings. The molecular formula is C19H22N2O2S. The van der Waals surface area contributed by atoms with E-state index < -0.39 is 0 Å². The first kappa shape index (κ1) is 15.8. The smallest absolute Gasteiger partial charge is 0.223 e. The van der Waals surface area contributed by atoms with Gasteiger partial charge in [-0.15, -0.1) is 11.3 Å². The summed E-state index contributed by atoms with van der Waals surface area (Å²) < 4.78 is 5.58. The number of ether oxygens (including phenoxy) is 1. The number of aryl methyl sites for hydroxylation is 1. The van der Waals surface area contributed by atoms with Crippen molar-refractivity contribution >= 4 is 17.2 Å². The summed E-state index contributed by atoms with van der Waals surface area (Å²) in [5, 5.41) is 4.15. The van der Waals surface area contributed by atoms with E-state index in [1.54, 1.807) is 11.3 Å². The SMILES string of the molecule is O=C(NCC1CCCO1)C1CCc2nc(-c3ccccc3)sc2C1. The molecule has 4 rings (SSSR count). The molecule has 24 heavy (non-hydrogen) atoms. The molecule has 4 nitrogen and oxygen atoms in total. The van der Waals surface area contributed by atoms with Gasteiger partial charge < -0.3 is 10.1 Å². The molecule has 1 amide bonds. The van der Waals surface area contributed by atoms with E-state index in [9.17, 15) is 4.79 Å². The summed E-state index contributed by atoms with van der Waals surface area (Å²) in [7, 11) is 0. The summed E-state index contributed by atoms with van der Waals surface area (Å²) in [5.41, 5.74) is 2.35. The number of nitrogens with zero attached hydrogens (tertiary/aromatic N) is 1. The zero-order valence-electron chi connectivity index (χ0n) is 13.7. The number of benzene rings is 1. The van der Waals surface area contributed by atoms with Gasteiger partial charge in [0.05, 0.1) is 11.8 Å². The number of nitrogens with one attached hydrogen (secondary N) is 1. The van der Waals surface area contributed by atoms with Crippen LogP contribution in [0.4, 0.5) is 0 Å². The minimum atomic E-state index is 0.0722. The number of carbonyl (C=O) groups excluding carboxylic acids is 1. The van der Waals surface area contributed by atoms with E-state index in [4.69, 9.17) is 9.72 Å². The summed E-state index contributed by atoms with van der Waals surface area (Å²) in [6.45, 7) is 1.48. The molecule has 0 spiro atoms. The molecule has 2 unspecified atom stereocenters. The van der Waals surface area contributed by atoms with Gasteiger partial charge in [0, 0.05) is 29.5 Å². The second-order valence-electron chi connectivity index (χ2n) is 6.57. The van der Waals surface area contributed by atoms with Crippen molar-refractivity contribution in [1.29, 1.82) is 0 Å². The van der Waals surface area contributed by atoms with Crippen molar-refractivity contribution in [3.8, 4) is 10.6 Å². The molecule has 1 N–H and O–H groups in total. The maximum atomic E-state index is 12.5. The molecule has 2 aromatic rings. The number of hydrogen-bond donors (Lipinski definition) is 1. The molecule has 0 radical (unpaired) electrons. The maximum absolute atomic E-state index is 12.5.